The van der Waals surface area contributed by atoms with E-state index in [1.165, 1.54) is 25.7 Å². The quantitative estimate of drug-likeness (QED) is 0.725. The number of halogens is 1. The van der Waals surface area contributed by atoms with Crippen molar-refractivity contribution in [3.63, 3.8) is 0 Å². The zero-order chi connectivity index (χ0) is 13.0. The van der Waals surface area contributed by atoms with E-state index in [9.17, 15) is 0 Å². The van der Waals surface area contributed by atoms with Crippen molar-refractivity contribution < 1.29 is 0 Å². The maximum atomic E-state index is 4.42. The molecule has 1 saturated carbocycles. The van der Waals surface area contributed by atoms with Gasteiger partial charge in [0.25, 0.3) is 0 Å². The minimum Gasteiger partial charge on any atom is -0.293 e. The Labute approximate surface area is 118 Å². The molecule has 0 amide bonds. The summed E-state index contributed by atoms with van der Waals surface area (Å²) in [7, 11) is 0. The van der Waals surface area contributed by atoms with Crippen molar-refractivity contribution in [2.45, 2.75) is 58.2 Å². The van der Waals surface area contributed by atoms with Crippen LogP contribution in [-0.4, -0.2) is 37.6 Å². The lowest BCUT2D eigenvalue weighted by Crippen LogP contribution is -2.41. The summed E-state index contributed by atoms with van der Waals surface area (Å²) in [5.74, 6) is 1.10. The zero-order valence-electron chi connectivity index (χ0n) is 11.3. The summed E-state index contributed by atoms with van der Waals surface area (Å²) >= 11 is 3.52. The molecule has 0 N–H and O–H groups in total. The molecule has 4 nitrogen and oxygen atoms in total. The van der Waals surface area contributed by atoms with Gasteiger partial charge in [-0.15, -0.1) is 0 Å². The van der Waals surface area contributed by atoms with Crippen molar-refractivity contribution >= 4 is 15.9 Å². The summed E-state index contributed by atoms with van der Waals surface area (Å²) < 4.78 is 2.04. The van der Waals surface area contributed by atoms with Gasteiger partial charge in [-0.1, -0.05) is 22.4 Å². The van der Waals surface area contributed by atoms with Gasteiger partial charge in [0, 0.05) is 17.4 Å². The molecule has 18 heavy (non-hydrogen) atoms. The Morgan fingerprint density at radius 3 is 2.83 bits per heavy atom. The highest BCUT2D eigenvalue weighted by molar-refractivity contribution is 9.09. The largest absolute Gasteiger partial charge is 0.293 e. The summed E-state index contributed by atoms with van der Waals surface area (Å²) in [5.41, 5.74) is 0. The van der Waals surface area contributed by atoms with Crippen LogP contribution in [0.1, 0.15) is 51.4 Å². The van der Waals surface area contributed by atoms with Crippen LogP contribution in [0.3, 0.4) is 0 Å². The van der Waals surface area contributed by atoms with Gasteiger partial charge in [0.1, 0.15) is 12.2 Å². The van der Waals surface area contributed by atoms with Crippen LogP contribution < -0.4 is 0 Å². The number of hydrogen-bond acceptors (Lipinski definition) is 3. The van der Waals surface area contributed by atoms with E-state index in [2.05, 4.69) is 44.8 Å². The Hall–Kier alpha value is -0.420. The van der Waals surface area contributed by atoms with E-state index in [1.54, 1.807) is 6.33 Å². The SMILES string of the molecule is CC(C)n1ncnc1CN(CCCBr)C1CCC1. The minimum absolute atomic E-state index is 0.391. The van der Waals surface area contributed by atoms with Crippen LogP contribution in [0, 0.1) is 0 Å². The molecule has 1 heterocycles. The molecule has 102 valence electrons. The molecule has 1 fully saturated rings. The lowest BCUT2D eigenvalue weighted by Gasteiger charge is -2.37. The molecule has 0 bridgehead atoms. The summed E-state index contributed by atoms with van der Waals surface area (Å²) in [6.07, 6.45) is 6.95. The number of nitrogens with zero attached hydrogens (tertiary/aromatic N) is 4. The Bertz CT molecular complexity index is 360. The summed E-state index contributed by atoms with van der Waals surface area (Å²) in [4.78, 5) is 7.00. The van der Waals surface area contributed by atoms with Crippen molar-refractivity contribution in [1.82, 2.24) is 19.7 Å². The summed E-state index contributed by atoms with van der Waals surface area (Å²) in [6.45, 7) is 6.41. The molecule has 0 unspecified atom stereocenters. The van der Waals surface area contributed by atoms with Crippen molar-refractivity contribution in [2.24, 2.45) is 0 Å². The van der Waals surface area contributed by atoms with E-state index in [0.717, 1.165) is 30.3 Å². The molecule has 1 aliphatic rings. The van der Waals surface area contributed by atoms with Crippen molar-refractivity contribution in [3.05, 3.63) is 12.2 Å². The van der Waals surface area contributed by atoms with Crippen LogP contribution in [0.4, 0.5) is 0 Å². The maximum absolute atomic E-state index is 4.42. The predicted octanol–water partition coefficient (Wildman–Crippen LogP) is 3.00. The monoisotopic (exact) mass is 314 g/mol. The second-order valence-electron chi connectivity index (χ2n) is 5.31. The van der Waals surface area contributed by atoms with Crippen LogP contribution in [0.15, 0.2) is 6.33 Å². The molecule has 5 heteroatoms. The van der Waals surface area contributed by atoms with E-state index < -0.39 is 0 Å². The number of rotatable bonds is 7. The van der Waals surface area contributed by atoms with Crippen molar-refractivity contribution in [1.29, 1.82) is 0 Å². The van der Waals surface area contributed by atoms with E-state index in [1.807, 2.05) is 4.68 Å². The molecule has 1 aliphatic carbocycles. The highest BCUT2D eigenvalue weighted by Crippen LogP contribution is 2.26. The normalized spacial score (nSPS) is 16.5. The van der Waals surface area contributed by atoms with Gasteiger partial charge in [0.15, 0.2) is 0 Å². The van der Waals surface area contributed by atoms with Gasteiger partial charge in [-0.2, -0.15) is 5.10 Å². The fourth-order valence-electron chi connectivity index (χ4n) is 2.41. The van der Waals surface area contributed by atoms with Crippen LogP contribution >= 0.6 is 15.9 Å². The third-order valence-electron chi connectivity index (χ3n) is 3.65. The first-order valence-corrected chi connectivity index (χ1v) is 8.03. The third kappa shape index (κ3) is 3.32. The Morgan fingerprint density at radius 1 is 1.50 bits per heavy atom. The Morgan fingerprint density at radius 2 is 2.28 bits per heavy atom. The molecular formula is C13H23BrN4. The first-order valence-electron chi connectivity index (χ1n) is 6.90. The van der Waals surface area contributed by atoms with Crippen LogP contribution in [0.2, 0.25) is 0 Å². The standard InChI is InChI=1S/C13H23BrN4/c1-11(2)18-13(15-10-16-18)9-17(8-4-7-14)12-5-3-6-12/h10-12H,3-9H2,1-2H3. The molecule has 1 aromatic rings. The molecule has 0 saturated heterocycles. The highest BCUT2D eigenvalue weighted by Gasteiger charge is 2.25. The summed E-state index contributed by atoms with van der Waals surface area (Å²) in [6, 6.07) is 1.16. The lowest BCUT2D eigenvalue weighted by atomic mass is 9.91. The smallest absolute Gasteiger partial charge is 0.141 e. The fraction of sp³-hybridized carbons (Fsp3) is 0.846. The van der Waals surface area contributed by atoms with E-state index in [0.29, 0.717) is 6.04 Å². The van der Waals surface area contributed by atoms with Gasteiger partial charge in [-0.05, 0) is 39.7 Å². The van der Waals surface area contributed by atoms with Crippen molar-refractivity contribution in [2.75, 3.05) is 11.9 Å². The van der Waals surface area contributed by atoms with Gasteiger partial charge in [-0.3, -0.25) is 4.90 Å². The van der Waals surface area contributed by atoms with Gasteiger partial charge in [0.05, 0.1) is 6.54 Å². The van der Waals surface area contributed by atoms with Crippen LogP contribution in [0.25, 0.3) is 0 Å². The van der Waals surface area contributed by atoms with Gasteiger partial charge in [-0.25, -0.2) is 9.67 Å². The number of hydrogen-bond donors (Lipinski definition) is 0. The van der Waals surface area contributed by atoms with E-state index in [4.69, 9.17) is 0 Å². The second-order valence-corrected chi connectivity index (χ2v) is 6.11. The number of alkyl halides is 1. The molecule has 0 radical (unpaired) electrons. The minimum atomic E-state index is 0.391. The second kappa shape index (κ2) is 6.66. The molecule has 0 spiro atoms. The van der Waals surface area contributed by atoms with Gasteiger partial charge < -0.3 is 0 Å². The molecule has 1 aromatic heterocycles. The van der Waals surface area contributed by atoms with Crippen LogP contribution in [-0.2, 0) is 6.54 Å². The molecule has 0 aliphatic heterocycles. The topological polar surface area (TPSA) is 34.0 Å². The van der Waals surface area contributed by atoms with E-state index in [-0.39, 0.29) is 0 Å². The Kier molecular flexibility index (Phi) is 5.18. The first-order chi connectivity index (χ1) is 8.72. The fourth-order valence-corrected chi connectivity index (χ4v) is 2.66. The molecule has 2 rings (SSSR count). The van der Waals surface area contributed by atoms with Gasteiger partial charge >= 0.3 is 0 Å². The predicted molar refractivity (Wildman–Crippen MR) is 76.9 cm³/mol. The molecule has 0 aromatic carbocycles. The van der Waals surface area contributed by atoms with E-state index >= 15 is 0 Å². The maximum Gasteiger partial charge on any atom is 0.141 e. The molecule has 0 atom stereocenters. The number of aromatic nitrogens is 3. The highest BCUT2D eigenvalue weighted by atomic mass is 79.9. The van der Waals surface area contributed by atoms with Gasteiger partial charge in [0.2, 0.25) is 0 Å². The first kappa shape index (κ1) is 14.0. The lowest BCUT2D eigenvalue weighted by molar-refractivity contribution is 0.114. The Balaban J connectivity index is 2.00. The third-order valence-corrected chi connectivity index (χ3v) is 4.21. The average Bonchev–Trinajstić information content (AvgIpc) is 2.71. The summed E-state index contributed by atoms with van der Waals surface area (Å²) in [5, 5.41) is 5.40. The van der Waals surface area contributed by atoms with Crippen molar-refractivity contribution in [3.8, 4) is 0 Å². The zero-order valence-corrected chi connectivity index (χ0v) is 12.9. The average molecular weight is 315 g/mol. The van der Waals surface area contributed by atoms with Crippen LogP contribution in [0.5, 0.6) is 0 Å². The molecular weight excluding hydrogens is 292 g/mol.